The minimum atomic E-state index is -2.31. The number of carbonyl (C=O) groups excluding carboxylic acids is 2. The molecule has 0 aliphatic carbocycles. The van der Waals surface area contributed by atoms with Crippen molar-refractivity contribution in [2.24, 2.45) is 0 Å². The first-order valence-electron chi connectivity index (χ1n) is 6.91. The number of aliphatic hydroxyl groups excluding tert-OH is 10. The van der Waals surface area contributed by atoms with Gasteiger partial charge in [0.05, 0.1) is 25.2 Å². The van der Waals surface area contributed by atoms with Crippen molar-refractivity contribution >= 4 is 11.9 Å². The van der Waals surface area contributed by atoms with E-state index < -0.39 is 74.0 Å². The minimum Gasteiger partial charge on any atom is -0.547 e. The Labute approximate surface area is 162 Å². The van der Waals surface area contributed by atoms with Gasteiger partial charge in [-0.3, -0.25) is 0 Å². The van der Waals surface area contributed by atoms with E-state index in [1.165, 1.54) is 0 Å². The summed E-state index contributed by atoms with van der Waals surface area (Å²) in [7, 11) is 0. The van der Waals surface area contributed by atoms with E-state index in [0.29, 0.717) is 0 Å². The Bertz CT molecular complexity index is 385. The molecule has 0 heterocycles. The smallest absolute Gasteiger partial charge is 0.547 e. The van der Waals surface area contributed by atoms with E-state index in [2.05, 4.69) is 0 Å². The van der Waals surface area contributed by atoms with Gasteiger partial charge >= 0.3 is 17.1 Å². The molecule has 8 atom stereocenters. The molecule has 0 fully saturated rings. The zero-order valence-electron chi connectivity index (χ0n) is 13.4. The maximum Gasteiger partial charge on any atom is 2.00 e. The normalized spacial score (nSPS) is 19.6. The molecular formula is C12H22CuO14. The molecule has 0 aliphatic heterocycles. The van der Waals surface area contributed by atoms with Crippen LogP contribution in [0.2, 0.25) is 0 Å². The van der Waals surface area contributed by atoms with Crippen LogP contribution >= 0.6 is 0 Å². The van der Waals surface area contributed by atoms with E-state index >= 15 is 0 Å². The Kier molecular flexibility index (Phi) is 17.1. The first-order valence-corrected chi connectivity index (χ1v) is 6.91. The summed E-state index contributed by atoms with van der Waals surface area (Å²) in [6, 6.07) is 0. The van der Waals surface area contributed by atoms with Crippen LogP contribution in [0, 0.1) is 0 Å². The largest absolute Gasteiger partial charge is 2.00 e. The van der Waals surface area contributed by atoms with Gasteiger partial charge in [0, 0.05) is 0 Å². The molecule has 1 radical (unpaired) electrons. The fourth-order valence-electron chi connectivity index (χ4n) is 1.32. The number of aliphatic hydroxyl groups is 10. The number of aliphatic carboxylic acids is 2. The number of rotatable bonds is 10. The Morgan fingerprint density at radius 1 is 0.593 bits per heavy atom. The van der Waals surface area contributed by atoms with Crippen LogP contribution < -0.4 is 10.2 Å². The molecule has 0 saturated heterocycles. The first kappa shape index (κ1) is 30.8. The van der Waals surface area contributed by atoms with E-state index in [0.717, 1.165) is 0 Å². The molecule has 0 amide bonds. The Morgan fingerprint density at radius 3 is 0.963 bits per heavy atom. The maximum atomic E-state index is 9.98. The second-order valence-corrected chi connectivity index (χ2v) is 4.99. The second-order valence-electron chi connectivity index (χ2n) is 4.99. The van der Waals surface area contributed by atoms with Crippen molar-refractivity contribution in [1.82, 2.24) is 0 Å². The van der Waals surface area contributed by atoms with Crippen LogP contribution in [0.25, 0.3) is 0 Å². The van der Waals surface area contributed by atoms with Crippen LogP contribution in [0.1, 0.15) is 0 Å². The van der Waals surface area contributed by atoms with Crippen LogP contribution in [0.4, 0.5) is 0 Å². The Hall–Kier alpha value is -0.941. The molecule has 0 aliphatic rings. The summed E-state index contributed by atoms with van der Waals surface area (Å²) < 4.78 is 0. The van der Waals surface area contributed by atoms with Gasteiger partial charge in [0.1, 0.15) is 48.8 Å². The minimum absolute atomic E-state index is 0. The van der Waals surface area contributed by atoms with Gasteiger partial charge < -0.3 is 70.9 Å². The molecular weight excluding hydrogens is 432 g/mol. The molecule has 0 saturated carbocycles. The molecule has 0 unspecified atom stereocenters. The molecule has 0 bridgehead atoms. The molecule has 10 N–H and O–H groups in total. The molecule has 14 nitrogen and oxygen atoms in total. The zero-order chi connectivity index (χ0) is 21.2. The van der Waals surface area contributed by atoms with Gasteiger partial charge in [0.15, 0.2) is 0 Å². The van der Waals surface area contributed by atoms with Gasteiger partial charge in [-0.2, -0.15) is 0 Å². The van der Waals surface area contributed by atoms with Crippen molar-refractivity contribution in [3.05, 3.63) is 0 Å². The number of carbonyl (C=O) groups is 2. The fourth-order valence-corrected chi connectivity index (χ4v) is 1.32. The van der Waals surface area contributed by atoms with Crippen LogP contribution in [0.15, 0.2) is 0 Å². The number of hydrogen-bond donors (Lipinski definition) is 10. The third kappa shape index (κ3) is 10.8. The van der Waals surface area contributed by atoms with Crippen LogP contribution in [0.3, 0.4) is 0 Å². The number of carboxylic acids is 2. The van der Waals surface area contributed by atoms with Gasteiger partial charge in [-0.25, -0.2) is 0 Å². The Morgan fingerprint density at radius 2 is 0.815 bits per heavy atom. The van der Waals surface area contributed by atoms with Gasteiger partial charge in [0.25, 0.3) is 0 Å². The molecule has 0 aromatic heterocycles. The number of carboxylic acid groups (broad SMARTS) is 2. The monoisotopic (exact) mass is 453 g/mol. The van der Waals surface area contributed by atoms with Crippen molar-refractivity contribution < 1.29 is 87.9 Å². The van der Waals surface area contributed by atoms with Crippen molar-refractivity contribution in [2.75, 3.05) is 13.2 Å². The predicted octanol–water partition coefficient (Wildman–Crippen LogP) is -9.66. The first-order chi connectivity index (χ1) is 11.8. The molecule has 27 heavy (non-hydrogen) atoms. The van der Waals surface area contributed by atoms with Crippen molar-refractivity contribution in [3.63, 3.8) is 0 Å². The van der Waals surface area contributed by atoms with E-state index in [4.69, 9.17) is 51.1 Å². The summed E-state index contributed by atoms with van der Waals surface area (Å²) in [4.78, 5) is 20.0. The van der Waals surface area contributed by atoms with E-state index in [1.54, 1.807) is 0 Å². The molecule has 0 rings (SSSR count). The van der Waals surface area contributed by atoms with Gasteiger partial charge in [-0.15, -0.1) is 0 Å². The Balaban J connectivity index is -0.000000411. The molecule has 0 aromatic carbocycles. The zero-order valence-corrected chi connectivity index (χ0v) is 14.4. The summed E-state index contributed by atoms with van der Waals surface area (Å²) in [5.41, 5.74) is 0. The average molecular weight is 454 g/mol. The average Bonchev–Trinajstić information content (AvgIpc) is 2.62. The predicted molar refractivity (Wildman–Crippen MR) is 72.2 cm³/mol. The van der Waals surface area contributed by atoms with E-state index in [-0.39, 0.29) is 17.1 Å². The number of hydrogen-bond acceptors (Lipinski definition) is 14. The van der Waals surface area contributed by atoms with Gasteiger partial charge in [0.2, 0.25) is 0 Å². The van der Waals surface area contributed by atoms with Crippen LogP contribution in [-0.4, -0.2) is 125 Å². The van der Waals surface area contributed by atoms with Crippen LogP contribution in [-0.2, 0) is 26.7 Å². The summed E-state index contributed by atoms with van der Waals surface area (Å²) in [5.74, 6) is -3.95. The van der Waals surface area contributed by atoms with E-state index in [1.807, 2.05) is 0 Å². The summed E-state index contributed by atoms with van der Waals surface area (Å²) in [6.07, 6.45) is -16.2. The third-order valence-corrected chi connectivity index (χ3v) is 2.99. The molecule has 0 aromatic rings. The summed E-state index contributed by atoms with van der Waals surface area (Å²) >= 11 is 0. The summed E-state index contributed by atoms with van der Waals surface area (Å²) in [6.45, 7) is -1.73. The fraction of sp³-hybridized carbons (Fsp3) is 0.833. The maximum absolute atomic E-state index is 9.98. The third-order valence-electron chi connectivity index (χ3n) is 2.99. The molecule has 15 heteroatoms. The van der Waals surface area contributed by atoms with Crippen LogP contribution in [0.5, 0.6) is 0 Å². The van der Waals surface area contributed by atoms with Gasteiger partial charge in [-0.1, -0.05) is 0 Å². The van der Waals surface area contributed by atoms with Gasteiger partial charge in [-0.05, 0) is 0 Å². The summed E-state index contributed by atoms with van der Waals surface area (Å²) in [5, 5.41) is 107. The molecule has 165 valence electrons. The van der Waals surface area contributed by atoms with Crippen molar-refractivity contribution in [3.8, 4) is 0 Å². The topological polar surface area (TPSA) is 283 Å². The standard InChI is InChI=1S/2C6H12O7.Cu/c2*7-1-2(8)3(9)4(10)5(11)6(12)13;/h2*2-5,7-11H,1H2,(H,12,13);/q;;+2/p-2/t2*2-,3-,4+,5-;/m00./s1. The van der Waals surface area contributed by atoms with Crippen molar-refractivity contribution in [1.29, 1.82) is 0 Å². The second kappa shape index (κ2) is 15.0. The molecule has 0 spiro atoms. The SMILES string of the molecule is O=C([O-])[C@@H](O)[C@H](O)[C@@H](O)[C@@H](O)CO.O=C([O-])[C@@H](O)[C@H](O)[C@@H](O)[C@@H](O)CO.[Cu+2]. The van der Waals surface area contributed by atoms with Crippen molar-refractivity contribution in [2.45, 2.75) is 48.8 Å². The quantitative estimate of drug-likeness (QED) is 0.137. The van der Waals surface area contributed by atoms with E-state index in [9.17, 15) is 19.8 Å².